The maximum atomic E-state index is 10.4. The van der Waals surface area contributed by atoms with E-state index in [2.05, 4.69) is 11.6 Å². The highest BCUT2D eigenvalue weighted by molar-refractivity contribution is 8.00. The van der Waals surface area contributed by atoms with E-state index < -0.39 is 12.1 Å². The number of hydrogen-bond donors (Lipinski definition) is 3. The first-order valence-electron chi connectivity index (χ1n) is 5.74. The molecule has 0 amide bonds. The van der Waals surface area contributed by atoms with Gasteiger partial charge in [-0.05, 0) is 19.1 Å². The Morgan fingerprint density at radius 2 is 2.12 bits per heavy atom. The Hall–Kier alpha value is -0.260. The summed E-state index contributed by atoms with van der Waals surface area (Å²) in [5.74, 6) is -0.949. The molecule has 0 aromatic rings. The fourth-order valence-electron chi connectivity index (χ4n) is 2.21. The second-order valence-corrected chi connectivity index (χ2v) is 5.75. The fourth-order valence-corrected chi connectivity index (χ4v) is 3.16. The lowest BCUT2D eigenvalue weighted by Crippen LogP contribution is -2.39. The third kappa shape index (κ3) is 4.31. The van der Waals surface area contributed by atoms with Gasteiger partial charge in [0.05, 0.1) is 12.5 Å². The highest BCUT2D eigenvalue weighted by Crippen LogP contribution is 2.39. The van der Waals surface area contributed by atoms with E-state index in [0.717, 1.165) is 6.54 Å². The normalized spacial score (nSPS) is 20.9. The summed E-state index contributed by atoms with van der Waals surface area (Å²) >= 11 is 1.88. The van der Waals surface area contributed by atoms with Gasteiger partial charge in [0.1, 0.15) is 0 Å². The highest BCUT2D eigenvalue weighted by Gasteiger charge is 2.32. The minimum absolute atomic E-state index is 0.181. The minimum atomic E-state index is -0.949. The van der Waals surface area contributed by atoms with Crippen LogP contribution in [0.3, 0.4) is 0 Å². The lowest BCUT2D eigenvalue weighted by molar-refractivity contribution is -0.139. The second kappa shape index (κ2) is 6.47. The molecule has 0 aromatic heterocycles. The first kappa shape index (κ1) is 13.8. The topological polar surface area (TPSA) is 69.6 Å². The van der Waals surface area contributed by atoms with Crippen molar-refractivity contribution >= 4 is 17.7 Å². The van der Waals surface area contributed by atoms with Crippen LogP contribution < -0.4 is 5.32 Å². The summed E-state index contributed by atoms with van der Waals surface area (Å²) < 4.78 is 0.308. The van der Waals surface area contributed by atoms with Gasteiger partial charge < -0.3 is 15.5 Å². The van der Waals surface area contributed by atoms with Crippen molar-refractivity contribution in [1.82, 2.24) is 5.32 Å². The minimum Gasteiger partial charge on any atom is -0.481 e. The zero-order valence-corrected chi connectivity index (χ0v) is 10.6. The third-order valence-electron chi connectivity index (χ3n) is 3.19. The maximum absolute atomic E-state index is 10.4. The zero-order chi connectivity index (χ0) is 12.0. The van der Waals surface area contributed by atoms with Crippen molar-refractivity contribution in [3.05, 3.63) is 0 Å². The van der Waals surface area contributed by atoms with Crippen molar-refractivity contribution in [2.75, 3.05) is 19.3 Å². The van der Waals surface area contributed by atoms with Crippen molar-refractivity contribution in [2.24, 2.45) is 0 Å². The molecule has 1 aliphatic carbocycles. The molecule has 1 aliphatic rings. The molecule has 0 aliphatic heterocycles. The van der Waals surface area contributed by atoms with Gasteiger partial charge in [-0.1, -0.05) is 12.8 Å². The Bertz CT molecular complexity index is 229. The van der Waals surface area contributed by atoms with Crippen LogP contribution in [0.5, 0.6) is 0 Å². The molecule has 3 N–H and O–H groups in total. The Balaban J connectivity index is 2.20. The van der Waals surface area contributed by atoms with Gasteiger partial charge in [-0.2, -0.15) is 11.8 Å². The zero-order valence-electron chi connectivity index (χ0n) is 9.74. The third-order valence-corrected chi connectivity index (χ3v) is 4.60. The molecule has 1 fully saturated rings. The molecule has 0 spiro atoms. The van der Waals surface area contributed by atoms with Gasteiger partial charge >= 0.3 is 5.97 Å². The van der Waals surface area contributed by atoms with Gasteiger partial charge in [-0.25, -0.2) is 0 Å². The summed E-state index contributed by atoms with van der Waals surface area (Å²) in [5.41, 5.74) is 0. The van der Waals surface area contributed by atoms with E-state index in [-0.39, 0.29) is 6.42 Å². The van der Waals surface area contributed by atoms with E-state index in [4.69, 9.17) is 5.11 Å². The number of rotatable bonds is 7. The van der Waals surface area contributed by atoms with E-state index in [1.54, 1.807) is 0 Å². The van der Waals surface area contributed by atoms with Crippen LogP contribution in [0.2, 0.25) is 0 Å². The van der Waals surface area contributed by atoms with Gasteiger partial charge in [0.15, 0.2) is 0 Å². The average molecular weight is 247 g/mol. The smallest absolute Gasteiger partial charge is 0.306 e. The number of aliphatic hydroxyl groups excluding tert-OH is 1. The van der Waals surface area contributed by atoms with Crippen LogP contribution >= 0.6 is 11.8 Å². The SMILES string of the molecule is CSC1(CNCC(O)CC(=O)O)CCCC1. The van der Waals surface area contributed by atoms with Crippen molar-refractivity contribution in [1.29, 1.82) is 0 Å². The largest absolute Gasteiger partial charge is 0.481 e. The van der Waals surface area contributed by atoms with Crippen molar-refractivity contribution in [3.63, 3.8) is 0 Å². The molecular formula is C11H21NO3S. The molecule has 1 unspecified atom stereocenters. The Morgan fingerprint density at radius 3 is 2.62 bits per heavy atom. The van der Waals surface area contributed by atoms with Gasteiger partial charge in [-0.3, -0.25) is 4.79 Å². The average Bonchev–Trinajstić information content (AvgIpc) is 2.66. The maximum Gasteiger partial charge on any atom is 0.306 e. The van der Waals surface area contributed by atoms with Gasteiger partial charge in [0.25, 0.3) is 0 Å². The lowest BCUT2D eigenvalue weighted by atomic mass is 10.1. The summed E-state index contributed by atoms with van der Waals surface area (Å²) in [7, 11) is 0. The van der Waals surface area contributed by atoms with E-state index in [9.17, 15) is 9.90 Å². The predicted molar refractivity (Wildman–Crippen MR) is 65.8 cm³/mol. The van der Waals surface area contributed by atoms with Crippen LogP contribution in [0.1, 0.15) is 32.1 Å². The van der Waals surface area contributed by atoms with E-state index in [0.29, 0.717) is 11.3 Å². The fraction of sp³-hybridized carbons (Fsp3) is 0.909. The first-order valence-corrected chi connectivity index (χ1v) is 6.96. The number of aliphatic carboxylic acids is 1. The summed E-state index contributed by atoms with van der Waals surface area (Å²) in [6, 6.07) is 0. The van der Waals surface area contributed by atoms with Crippen LogP contribution in [0, 0.1) is 0 Å². The number of thioether (sulfide) groups is 1. The van der Waals surface area contributed by atoms with Crippen LogP contribution in [0.25, 0.3) is 0 Å². The molecule has 0 saturated heterocycles. The number of hydrogen-bond acceptors (Lipinski definition) is 4. The molecule has 5 heteroatoms. The highest BCUT2D eigenvalue weighted by atomic mass is 32.2. The van der Waals surface area contributed by atoms with E-state index in [1.165, 1.54) is 25.7 Å². The lowest BCUT2D eigenvalue weighted by Gasteiger charge is -2.27. The molecule has 0 heterocycles. The first-order chi connectivity index (χ1) is 7.58. The van der Waals surface area contributed by atoms with Crippen LogP contribution in [0.15, 0.2) is 0 Å². The summed E-state index contributed by atoms with van der Waals surface area (Å²) in [4.78, 5) is 10.4. The molecule has 0 aromatic carbocycles. The number of carbonyl (C=O) groups is 1. The predicted octanol–water partition coefficient (Wildman–Crippen LogP) is 1.09. The van der Waals surface area contributed by atoms with Gasteiger partial charge in [-0.15, -0.1) is 0 Å². The second-order valence-electron chi connectivity index (χ2n) is 4.48. The van der Waals surface area contributed by atoms with Gasteiger partial charge in [0.2, 0.25) is 0 Å². The van der Waals surface area contributed by atoms with E-state index >= 15 is 0 Å². The Morgan fingerprint density at radius 1 is 1.50 bits per heavy atom. The van der Waals surface area contributed by atoms with Crippen LogP contribution in [-0.2, 0) is 4.79 Å². The number of carboxylic acid groups (broad SMARTS) is 1. The van der Waals surface area contributed by atoms with Crippen molar-refractivity contribution < 1.29 is 15.0 Å². The molecule has 1 saturated carbocycles. The summed E-state index contributed by atoms with van der Waals surface area (Å²) in [5, 5.41) is 21.1. The monoisotopic (exact) mass is 247 g/mol. The molecule has 0 bridgehead atoms. The quantitative estimate of drug-likeness (QED) is 0.628. The number of nitrogens with one attached hydrogen (secondary N) is 1. The molecule has 94 valence electrons. The van der Waals surface area contributed by atoms with Crippen molar-refractivity contribution in [2.45, 2.75) is 43.0 Å². The molecular weight excluding hydrogens is 226 g/mol. The molecule has 1 rings (SSSR count). The molecule has 16 heavy (non-hydrogen) atoms. The molecule has 0 radical (unpaired) electrons. The number of carboxylic acids is 1. The van der Waals surface area contributed by atoms with Crippen LogP contribution in [-0.4, -0.2) is 46.4 Å². The van der Waals surface area contributed by atoms with Crippen molar-refractivity contribution in [3.8, 4) is 0 Å². The standard InChI is InChI=1S/C11H21NO3S/c1-16-11(4-2-3-5-11)8-12-7-9(13)6-10(14)15/h9,12-13H,2-8H2,1H3,(H,14,15). The van der Waals surface area contributed by atoms with Gasteiger partial charge in [0, 0.05) is 17.8 Å². The summed E-state index contributed by atoms with van der Waals surface area (Å²) in [6.45, 7) is 1.24. The Kier molecular flexibility index (Phi) is 5.58. The molecule has 1 atom stereocenters. The molecule has 4 nitrogen and oxygen atoms in total. The van der Waals surface area contributed by atoms with Crippen LogP contribution in [0.4, 0.5) is 0 Å². The number of aliphatic hydroxyl groups is 1. The summed E-state index contributed by atoms with van der Waals surface area (Å²) in [6.07, 6.45) is 6.16. The van der Waals surface area contributed by atoms with E-state index in [1.807, 2.05) is 11.8 Å². The Labute approximate surface area is 101 Å².